The van der Waals surface area contributed by atoms with E-state index in [0.29, 0.717) is 12.0 Å². The van der Waals surface area contributed by atoms with E-state index in [2.05, 4.69) is 0 Å². The Bertz CT molecular complexity index is 618. The van der Waals surface area contributed by atoms with Gasteiger partial charge in [-0.3, -0.25) is 0 Å². The summed E-state index contributed by atoms with van der Waals surface area (Å²) in [4.78, 5) is -0.399. The molecule has 7 heteroatoms. The van der Waals surface area contributed by atoms with Crippen LogP contribution in [0, 0.1) is 18.7 Å². The summed E-state index contributed by atoms with van der Waals surface area (Å²) in [6.07, 6.45) is -0.169. The van der Waals surface area contributed by atoms with Crippen molar-refractivity contribution in [1.82, 2.24) is 4.31 Å². The molecular formula is C13H19FN2O3S. The van der Waals surface area contributed by atoms with Crippen molar-refractivity contribution in [1.29, 1.82) is 0 Å². The van der Waals surface area contributed by atoms with Crippen LogP contribution in [0.3, 0.4) is 0 Å². The summed E-state index contributed by atoms with van der Waals surface area (Å²) in [5.74, 6) is -0.972. The predicted octanol–water partition coefficient (Wildman–Crippen LogP) is 1.11. The summed E-state index contributed by atoms with van der Waals surface area (Å²) >= 11 is 0. The van der Waals surface area contributed by atoms with E-state index < -0.39 is 26.8 Å². The molecule has 0 aromatic heterocycles. The zero-order valence-electron chi connectivity index (χ0n) is 11.5. The van der Waals surface area contributed by atoms with Crippen LogP contribution in [0.25, 0.3) is 0 Å². The number of rotatable bonds is 2. The van der Waals surface area contributed by atoms with E-state index >= 15 is 0 Å². The van der Waals surface area contributed by atoms with Crippen LogP contribution >= 0.6 is 0 Å². The van der Waals surface area contributed by atoms with Crippen molar-refractivity contribution >= 4 is 15.7 Å². The third-order valence-electron chi connectivity index (χ3n) is 3.76. The van der Waals surface area contributed by atoms with Gasteiger partial charge in [-0.05, 0) is 37.0 Å². The minimum absolute atomic E-state index is 0.176. The third kappa shape index (κ3) is 2.65. The highest BCUT2D eigenvalue weighted by atomic mass is 32.2. The molecule has 1 aromatic rings. The first-order valence-corrected chi connectivity index (χ1v) is 7.91. The summed E-state index contributed by atoms with van der Waals surface area (Å²) in [5, 5.41) is 9.65. The monoisotopic (exact) mass is 302 g/mol. The summed E-state index contributed by atoms with van der Waals surface area (Å²) in [7, 11) is -3.92. The fourth-order valence-corrected chi connectivity index (χ4v) is 3.96. The van der Waals surface area contributed by atoms with Crippen LogP contribution in [0.1, 0.15) is 18.9 Å². The van der Waals surface area contributed by atoms with Gasteiger partial charge in [-0.25, -0.2) is 12.8 Å². The Hall–Kier alpha value is -1.18. The number of nitrogen functional groups attached to an aromatic ring is 1. The molecule has 1 heterocycles. The van der Waals surface area contributed by atoms with Gasteiger partial charge in [-0.15, -0.1) is 0 Å². The fourth-order valence-electron chi connectivity index (χ4n) is 2.32. The van der Waals surface area contributed by atoms with Gasteiger partial charge in [0.15, 0.2) is 0 Å². The lowest BCUT2D eigenvalue weighted by Gasteiger charge is -2.33. The molecule has 0 spiro atoms. The maximum absolute atomic E-state index is 13.9. The van der Waals surface area contributed by atoms with Crippen molar-refractivity contribution in [2.75, 3.05) is 18.8 Å². The second-order valence-electron chi connectivity index (χ2n) is 5.34. The van der Waals surface area contributed by atoms with E-state index in [0.717, 1.165) is 12.1 Å². The third-order valence-corrected chi connectivity index (χ3v) is 5.64. The van der Waals surface area contributed by atoms with Gasteiger partial charge in [0, 0.05) is 18.8 Å². The van der Waals surface area contributed by atoms with E-state index in [1.165, 1.54) is 4.31 Å². The van der Waals surface area contributed by atoms with Crippen molar-refractivity contribution in [3.05, 3.63) is 23.5 Å². The summed E-state index contributed by atoms with van der Waals surface area (Å²) in [5.41, 5.74) is 6.42. The number of aryl methyl sites for hydroxylation is 1. The predicted molar refractivity (Wildman–Crippen MR) is 74.1 cm³/mol. The molecule has 2 unspecified atom stereocenters. The molecule has 3 N–H and O–H groups in total. The van der Waals surface area contributed by atoms with E-state index in [1.807, 2.05) is 0 Å². The van der Waals surface area contributed by atoms with Gasteiger partial charge in [0.2, 0.25) is 10.0 Å². The van der Waals surface area contributed by atoms with Gasteiger partial charge in [-0.1, -0.05) is 6.92 Å². The van der Waals surface area contributed by atoms with Crippen molar-refractivity contribution in [3.8, 4) is 0 Å². The molecular weight excluding hydrogens is 283 g/mol. The first kappa shape index (κ1) is 15.2. The minimum atomic E-state index is -3.92. The molecule has 0 aliphatic carbocycles. The van der Waals surface area contributed by atoms with Gasteiger partial charge in [0.1, 0.15) is 10.7 Å². The zero-order valence-corrected chi connectivity index (χ0v) is 12.3. The highest BCUT2D eigenvalue weighted by Crippen LogP contribution is 2.27. The highest BCUT2D eigenvalue weighted by molar-refractivity contribution is 7.89. The molecule has 2 atom stereocenters. The van der Waals surface area contributed by atoms with E-state index in [4.69, 9.17) is 5.73 Å². The van der Waals surface area contributed by atoms with E-state index in [9.17, 15) is 17.9 Å². The lowest BCUT2D eigenvalue weighted by atomic mass is 9.99. The number of benzene rings is 1. The lowest BCUT2D eigenvalue weighted by Crippen LogP contribution is -2.45. The SMILES string of the molecule is Cc1cc(F)c(S(=O)(=O)N2CCC(O)C(C)C2)cc1N. The second kappa shape index (κ2) is 5.31. The first-order chi connectivity index (χ1) is 9.23. The minimum Gasteiger partial charge on any atom is -0.398 e. The summed E-state index contributed by atoms with van der Waals surface area (Å²) in [6.45, 7) is 3.75. The zero-order chi connectivity index (χ0) is 15.1. The Morgan fingerprint density at radius 1 is 1.45 bits per heavy atom. The Kier molecular flexibility index (Phi) is 4.04. The van der Waals surface area contributed by atoms with E-state index in [1.54, 1.807) is 13.8 Å². The topological polar surface area (TPSA) is 83.6 Å². The molecule has 1 fully saturated rings. The van der Waals surface area contributed by atoms with Crippen molar-refractivity contribution in [2.45, 2.75) is 31.3 Å². The number of hydrogen-bond donors (Lipinski definition) is 2. The molecule has 1 aliphatic heterocycles. The van der Waals surface area contributed by atoms with Gasteiger partial charge in [0.25, 0.3) is 0 Å². The molecule has 20 heavy (non-hydrogen) atoms. The molecule has 1 aliphatic rings. The largest absolute Gasteiger partial charge is 0.398 e. The second-order valence-corrected chi connectivity index (χ2v) is 7.24. The average Bonchev–Trinajstić information content (AvgIpc) is 2.36. The van der Waals surface area contributed by atoms with Gasteiger partial charge in [0.05, 0.1) is 6.10 Å². The van der Waals surface area contributed by atoms with Gasteiger partial charge in [-0.2, -0.15) is 4.31 Å². The number of nitrogens with zero attached hydrogens (tertiary/aromatic N) is 1. The molecule has 5 nitrogen and oxygen atoms in total. The van der Waals surface area contributed by atoms with Crippen LogP contribution in [0.5, 0.6) is 0 Å². The van der Waals surface area contributed by atoms with Crippen molar-refractivity contribution in [3.63, 3.8) is 0 Å². The Morgan fingerprint density at radius 2 is 2.10 bits per heavy atom. The number of nitrogens with two attached hydrogens (primary N) is 1. The summed E-state index contributed by atoms with van der Waals surface area (Å²) < 4.78 is 40.1. The molecule has 1 saturated heterocycles. The number of aliphatic hydroxyl groups excluding tert-OH is 1. The average molecular weight is 302 g/mol. The molecule has 0 saturated carbocycles. The molecule has 112 valence electrons. The molecule has 0 bridgehead atoms. The van der Waals surface area contributed by atoms with Crippen LogP contribution in [0.4, 0.5) is 10.1 Å². The van der Waals surface area contributed by atoms with E-state index in [-0.39, 0.29) is 24.7 Å². The molecule has 1 aromatic carbocycles. The van der Waals surface area contributed by atoms with Crippen LogP contribution < -0.4 is 5.73 Å². The Balaban J connectivity index is 2.38. The first-order valence-electron chi connectivity index (χ1n) is 6.47. The van der Waals surface area contributed by atoms with Crippen LogP contribution in [0.15, 0.2) is 17.0 Å². The van der Waals surface area contributed by atoms with Crippen LogP contribution in [-0.2, 0) is 10.0 Å². The number of sulfonamides is 1. The molecule has 2 rings (SSSR count). The lowest BCUT2D eigenvalue weighted by molar-refractivity contribution is 0.0628. The smallest absolute Gasteiger partial charge is 0.246 e. The number of halogens is 1. The quantitative estimate of drug-likeness (QED) is 0.802. The number of anilines is 1. The standard InChI is InChI=1S/C13H19FN2O3S/c1-8-5-10(14)13(6-11(8)15)20(18,19)16-4-3-12(17)9(2)7-16/h5-6,9,12,17H,3-4,7,15H2,1-2H3. The summed E-state index contributed by atoms with van der Waals surface area (Å²) in [6, 6.07) is 2.29. The number of aliphatic hydroxyl groups is 1. The normalized spacial score (nSPS) is 24.8. The van der Waals surface area contributed by atoms with Gasteiger partial charge >= 0.3 is 0 Å². The fraction of sp³-hybridized carbons (Fsp3) is 0.538. The van der Waals surface area contributed by atoms with Crippen LogP contribution in [-0.4, -0.2) is 37.0 Å². The van der Waals surface area contributed by atoms with Crippen molar-refractivity contribution in [2.24, 2.45) is 5.92 Å². The van der Waals surface area contributed by atoms with Crippen LogP contribution in [0.2, 0.25) is 0 Å². The maximum Gasteiger partial charge on any atom is 0.246 e. The molecule has 0 radical (unpaired) electrons. The highest BCUT2D eigenvalue weighted by Gasteiger charge is 2.34. The Labute approximate surface area is 118 Å². The maximum atomic E-state index is 13.9. The molecule has 0 amide bonds. The number of hydrogen-bond acceptors (Lipinski definition) is 4. The Morgan fingerprint density at radius 3 is 2.70 bits per heavy atom. The van der Waals surface area contributed by atoms with Crippen molar-refractivity contribution < 1.29 is 17.9 Å². The van der Waals surface area contributed by atoms with Gasteiger partial charge < -0.3 is 10.8 Å². The number of piperidine rings is 1.